The monoisotopic (exact) mass is 438 g/mol. The minimum atomic E-state index is -0.918. The van der Waals surface area contributed by atoms with Crippen LogP contribution in [-0.2, 0) is 6.54 Å². The molecule has 7 heteroatoms. The van der Waals surface area contributed by atoms with Crippen molar-refractivity contribution >= 4 is 27.5 Å². The van der Waals surface area contributed by atoms with Crippen LogP contribution in [-0.4, -0.2) is 25.2 Å². The van der Waals surface area contributed by atoms with E-state index in [0.29, 0.717) is 17.0 Å². The van der Waals surface area contributed by atoms with Gasteiger partial charge in [0.25, 0.3) is 0 Å². The summed E-state index contributed by atoms with van der Waals surface area (Å²) in [5, 5.41) is 18.5. The third kappa shape index (κ3) is 3.47. The van der Waals surface area contributed by atoms with Crippen LogP contribution in [0.15, 0.2) is 73.3 Å². The fraction of sp³-hybridized carbons (Fsp3) is 0.0800. The Kier molecular flexibility index (Phi) is 4.85. The Morgan fingerprint density at radius 3 is 2.62 bits per heavy atom. The third-order valence-corrected chi connectivity index (χ3v) is 6.57. The van der Waals surface area contributed by atoms with Gasteiger partial charge in [0.15, 0.2) is 0 Å². The number of aryl methyl sites for hydroxylation is 1. The number of carbonyl (C=O) groups is 1. The molecule has 3 aromatic heterocycles. The highest BCUT2D eigenvalue weighted by molar-refractivity contribution is 7.20. The number of nitrogens with zero attached hydrogens (tertiary/aromatic N) is 4. The standard InChI is InChI=1S/C25H18N4O2S/c1-16-10-19(28-9-8-27-15-28)6-7-20(16)21-11-23-22(12-24(32-23)25(30)31)29(21)14-18-4-2-17(13-26)3-5-18/h2-12,15H,14H2,1H3,(H,30,31). The number of hydrogen-bond donors (Lipinski definition) is 1. The molecule has 0 spiro atoms. The van der Waals surface area contributed by atoms with Gasteiger partial charge in [-0.1, -0.05) is 18.2 Å². The molecule has 0 atom stereocenters. The van der Waals surface area contributed by atoms with Crippen LogP contribution in [0.2, 0.25) is 0 Å². The molecule has 0 saturated heterocycles. The van der Waals surface area contributed by atoms with Gasteiger partial charge < -0.3 is 14.2 Å². The lowest BCUT2D eigenvalue weighted by molar-refractivity contribution is 0.0702. The van der Waals surface area contributed by atoms with E-state index in [4.69, 9.17) is 5.26 Å². The Morgan fingerprint density at radius 1 is 1.16 bits per heavy atom. The first-order chi connectivity index (χ1) is 15.5. The summed E-state index contributed by atoms with van der Waals surface area (Å²) in [7, 11) is 0. The summed E-state index contributed by atoms with van der Waals surface area (Å²) < 4.78 is 5.05. The molecule has 3 heterocycles. The molecule has 0 aliphatic rings. The molecule has 6 nitrogen and oxygen atoms in total. The normalized spacial score (nSPS) is 11.0. The van der Waals surface area contributed by atoms with Crippen LogP contribution in [0.4, 0.5) is 0 Å². The van der Waals surface area contributed by atoms with Crippen molar-refractivity contribution in [3.8, 4) is 23.0 Å². The molecular formula is C25H18N4O2S. The maximum atomic E-state index is 11.5. The fourth-order valence-corrected chi connectivity index (χ4v) is 4.85. The molecule has 32 heavy (non-hydrogen) atoms. The van der Waals surface area contributed by atoms with E-state index in [9.17, 15) is 9.90 Å². The van der Waals surface area contributed by atoms with Gasteiger partial charge in [-0.25, -0.2) is 9.78 Å². The van der Waals surface area contributed by atoms with Crippen molar-refractivity contribution in [2.75, 3.05) is 0 Å². The predicted molar refractivity (Wildman–Crippen MR) is 124 cm³/mol. The lowest BCUT2D eigenvalue weighted by atomic mass is 10.0. The lowest BCUT2D eigenvalue weighted by Gasteiger charge is -2.14. The van der Waals surface area contributed by atoms with Crippen molar-refractivity contribution in [1.29, 1.82) is 5.26 Å². The highest BCUT2D eigenvalue weighted by Crippen LogP contribution is 2.36. The summed E-state index contributed by atoms with van der Waals surface area (Å²) in [5.41, 5.74) is 6.81. The van der Waals surface area contributed by atoms with E-state index in [1.54, 1.807) is 30.7 Å². The molecule has 2 aromatic carbocycles. The Morgan fingerprint density at radius 2 is 1.97 bits per heavy atom. The maximum absolute atomic E-state index is 11.5. The Bertz CT molecular complexity index is 1490. The van der Waals surface area contributed by atoms with Crippen molar-refractivity contribution < 1.29 is 9.90 Å². The smallest absolute Gasteiger partial charge is 0.345 e. The minimum absolute atomic E-state index is 0.322. The van der Waals surface area contributed by atoms with Crippen LogP contribution in [0, 0.1) is 18.3 Å². The summed E-state index contributed by atoms with van der Waals surface area (Å²) in [6, 6.07) is 19.7. The number of aromatic nitrogens is 3. The number of hydrogen-bond acceptors (Lipinski definition) is 4. The van der Waals surface area contributed by atoms with Crippen LogP contribution in [0.5, 0.6) is 0 Å². The molecule has 156 valence electrons. The number of nitriles is 1. The number of rotatable bonds is 5. The zero-order valence-corrected chi connectivity index (χ0v) is 18.0. The van der Waals surface area contributed by atoms with Gasteiger partial charge >= 0.3 is 5.97 Å². The molecule has 0 unspecified atom stereocenters. The molecule has 0 bridgehead atoms. The van der Waals surface area contributed by atoms with Crippen molar-refractivity contribution in [1.82, 2.24) is 14.1 Å². The highest BCUT2D eigenvalue weighted by Gasteiger charge is 2.18. The molecule has 1 N–H and O–H groups in total. The number of carboxylic acids is 1. The van der Waals surface area contributed by atoms with Gasteiger partial charge in [0, 0.05) is 30.2 Å². The summed E-state index contributed by atoms with van der Waals surface area (Å²) in [4.78, 5) is 16.0. The first-order valence-corrected chi connectivity index (χ1v) is 10.8. The third-order valence-electron chi connectivity index (χ3n) is 5.51. The molecule has 0 amide bonds. The molecule has 0 saturated carbocycles. The molecule has 0 radical (unpaired) electrons. The Labute approximate surface area is 188 Å². The van der Waals surface area contributed by atoms with Crippen molar-refractivity contribution in [2.24, 2.45) is 0 Å². The van der Waals surface area contributed by atoms with Crippen LogP contribution < -0.4 is 0 Å². The van der Waals surface area contributed by atoms with E-state index in [1.165, 1.54) is 11.3 Å². The first-order valence-electron chi connectivity index (χ1n) is 9.98. The van der Waals surface area contributed by atoms with Gasteiger partial charge in [-0.15, -0.1) is 11.3 Å². The number of carboxylic acid groups (broad SMARTS) is 1. The average Bonchev–Trinajstić information content (AvgIpc) is 3.52. The number of aromatic carboxylic acids is 1. The second-order valence-corrected chi connectivity index (χ2v) is 8.64. The Balaban J connectivity index is 1.63. The highest BCUT2D eigenvalue weighted by atomic mass is 32.1. The number of benzene rings is 2. The van der Waals surface area contributed by atoms with Crippen molar-refractivity contribution in [3.05, 3.63) is 94.9 Å². The minimum Gasteiger partial charge on any atom is -0.477 e. The summed E-state index contributed by atoms with van der Waals surface area (Å²) in [6.07, 6.45) is 5.43. The lowest BCUT2D eigenvalue weighted by Crippen LogP contribution is -2.03. The molecule has 0 aliphatic heterocycles. The van der Waals surface area contributed by atoms with Gasteiger partial charge in [-0.05, 0) is 54.4 Å². The van der Waals surface area contributed by atoms with Gasteiger partial charge in [0.05, 0.1) is 33.9 Å². The largest absolute Gasteiger partial charge is 0.477 e. The zero-order valence-electron chi connectivity index (χ0n) is 17.2. The topological polar surface area (TPSA) is 83.8 Å². The number of thiophene rings is 1. The van der Waals surface area contributed by atoms with E-state index in [-0.39, 0.29) is 0 Å². The SMILES string of the molecule is Cc1cc(-n2ccnc2)ccc1-c1cc2sc(C(=O)O)cc2n1Cc1ccc(C#N)cc1. The van der Waals surface area contributed by atoms with Crippen molar-refractivity contribution in [2.45, 2.75) is 13.5 Å². The Hall–Kier alpha value is -4.15. The second kappa shape index (κ2) is 7.84. The van der Waals surface area contributed by atoms with Gasteiger partial charge in [-0.3, -0.25) is 0 Å². The van der Waals surface area contributed by atoms with E-state index in [2.05, 4.69) is 46.8 Å². The van der Waals surface area contributed by atoms with E-state index >= 15 is 0 Å². The zero-order chi connectivity index (χ0) is 22.2. The van der Waals surface area contributed by atoms with Gasteiger partial charge in [0.2, 0.25) is 0 Å². The quantitative estimate of drug-likeness (QED) is 0.394. The van der Waals surface area contributed by atoms with E-state index < -0.39 is 5.97 Å². The first kappa shape index (κ1) is 19.8. The molecule has 0 aliphatic carbocycles. The molecule has 5 aromatic rings. The number of fused-ring (bicyclic) bond motifs is 1. The average molecular weight is 439 g/mol. The van der Waals surface area contributed by atoms with E-state index in [0.717, 1.165) is 38.3 Å². The van der Waals surface area contributed by atoms with Crippen LogP contribution in [0.1, 0.15) is 26.4 Å². The second-order valence-electron chi connectivity index (χ2n) is 7.56. The summed E-state index contributed by atoms with van der Waals surface area (Å²) >= 11 is 1.28. The summed E-state index contributed by atoms with van der Waals surface area (Å²) in [6.45, 7) is 2.65. The molecule has 0 fully saturated rings. The fourth-order valence-electron chi connectivity index (χ4n) is 3.92. The maximum Gasteiger partial charge on any atom is 0.345 e. The van der Waals surface area contributed by atoms with Crippen LogP contribution >= 0.6 is 11.3 Å². The number of imidazole rings is 1. The van der Waals surface area contributed by atoms with Crippen molar-refractivity contribution in [3.63, 3.8) is 0 Å². The van der Waals surface area contributed by atoms with E-state index in [1.807, 2.05) is 22.9 Å². The van der Waals surface area contributed by atoms with Crippen LogP contribution in [0.3, 0.4) is 0 Å². The van der Waals surface area contributed by atoms with Gasteiger partial charge in [0.1, 0.15) is 4.88 Å². The van der Waals surface area contributed by atoms with Crippen LogP contribution in [0.25, 0.3) is 27.2 Å². The molecular weight excluding hydrogens is 420 g/mol. The van der Waals surface area contributed by atoms with Gasteiger partial charge in [-0.2, -0.15) is 5.26 Å². The predicted octanol–water partition coefficient (Wildman–Crippen LogP) is 5.48. The summed E-state index contributed by atoms with van der Waals surface area (Å²) in [5.74, 6) is -0.918. The molecule has 5 rings (SSSR count).